The molecule has 0 spiro atoms. The maximum absolute atomic E-state index is 10.9. The Labute approximate surface area is 74.4 Å². The van der Waals surface area contributed by atoms with Crippen LogP contribution in [0.3, 0.4) is 0 Å². The van der Waals surface area contributed by atoms with Gasteiger partial charge >= 0.3 is 0 Å². The molecule has 2 nitrogen and oxygen atoms in total. The molecule has 62 valence electrons. The minimum Gasteiger partial charge on any atom is -0.365 e. The second-order valence-corrected chi connectivity index (χ2v) is 4.67. The Morgan fingerprint density at radius 1 is 1.50 bits per heavy atom. The van der Waals surface area contributed by atoms with Gasteiger partial charge in [0.05, 0.1) is 4.88 Å². The number of hydrogen-bond acceptors (Lipinski definition) is 2. The van der Waals surface area contributed by atoms with E-state index in [0.29, 0.717) is 0 Å². The molecule has 1 amide bonds. The average molecular weight is 179 g/mol. The maximum Gasteiger partial charge on any atom is 0.258 e. The summed E-state index contributed by atoms with van der Waals surface area (Å²) in [6.45, 7) is 0. The Morgan fingerprint density at radius 2 is 2.25 bits per heavy atom. The molecule has 0 radical (unpaired) electrons. The van der Waals surface area contributed by atoms with Crippen molar-refractivity contribution in [3.8, 4) is 0 Å². The highest BCUT2D eigenvalue weighted by Gasteiger charge is 2.46. The second kappa shape index (κ2) is 1.91. The van der Waals surface area contributed by atoms with Crippen molar-refractivity contribution in [2.24, 2.45) is 5.73 Å². The van der Waals surface area contributed by atoms with Gasteiger partial charge in [0, 0.05) is 10.8 Å². The third-order valence-corrected chi connectivity index (χ3v) is 4.34. The molecule has 1 saturated carbocycles. The molecule has 0 saturated heterocycles. The summed E-state index contributed by atoms with van der Waals surface area (Å²) in [7, 11) is 0. The van der Waals surface area contributed by atoms with E-state index < -0.39 is 0 Å². The molecule has 1 heterocycles. The number of amides is 1. The van der Waals surface area contributed by atoms with Crippen molar-refractivity contribution in [2.75, 3.05) is 0 Å². The van der Waals surface area contributed by atoms with Crippen molar-refractivity contribution in [1.29, 1.82) is 0 Å². The van der Waals surface area contributed by atoms with Crippen molar-refractivity contribution in [1.82, 2.24) is 0 Å². The predicted octanol–water partition coefficient (Wildman–Crippen LogP) is 1.82. The Balaban J connectivity index is 2.08. The Hall–Kier alpha value is -0.830. The molecule has 12 heavy (non-hydrogen) atoms. The highest BCUT2D eigenvalue weighted by atomic mass is 32.1. The summed E-state index contributed by atoms with van der Waals surface area (Å²) in [6.07, 6.45) is 2.63. The molecule has 2 N–H and O–H groups in total. The minimum atomic E-state index is -0.270. The summed E-state index contributed by atoms with van der Waals surface area (Å²) in [5, 5.41) is 0. The first-order valence-electron chi connectivity index (χ1n) is 4.21. The lowest BCUT2D eigenvalue weighted by molar-refractivity contribution is 0.100. The first-order valence-corrected chi connectivity index (χ1v) is 5.02. The van der Waals surface area contributed by atoms with Gasteiger partial charge in [-0.25, -0.2) is 0 Å². The van der Waals surface area contributed by atoms with Crippen LogP contribution in [0.1, 0.15) is 44.8 Å². The van der Waals surface area contributed by atoms with Crippen molar-refractivity contribution in [2.45, 2.75) is 24.7 Å². The molecule has 1 aromatic rings. The summed E-state index contributed by atoms with van der Waals surface area (Å²) < 4.78 is 0. The smallest absolute Gasteiger partial charge is 0.258 e. The third kappa shape index (κ3) is 0.591. The molecule has 2 aliphatic carbocycles. The number of hydrogen-bond donors (Lipinski definition) is 1. The van der Waals surface area contributed by atoms with Crippen molar-refractivity contribution in [3.63, 3.8) is 0 Å². The first kappa shape index (κ1) is 6.66. The van der Waals surface area contributed by atoms with Crippen molar-refractivity contribution < 1.29 is 4.79 Å². The highest BCUT2D eigenvalue weighted by Crippen LogP contribution is 2.62. The van der Waals surface area contributed by atoms with Crippen LogP contribution in [0.15, 0.2) is 6.07 Å². The molecular weight excluding hydrogens is 170 g/mol. The van der Waals surface area contributed by atoms with Gasteiger partial charge in [-0.1, -0.05) is 0 Å². The summed E-state index contributed by atoms with van der Waals surface area (Å²) in [4.78, 5) is 13.0. The zero-order valence-corrected chi connectivity index (χ0v) is 7.36. The first-order chi connectivity index (χ1) is 5.77. The van der Waals surface area contributed by atoms with Gasteiger partial charge in [-0.05, 0) is 30.4 Å². The number of fused-ring (bicyclic) bond motifs is 4. The van der Waals surface area contributed by atoms with Crippen LogP contribution in [0, 0.1) is 0 Å². The number of nitrogens with two attached hydrogens (primary N) is 1. The quantitative estimate of drug-likeness (QED) is 0.702. The van der Waals surface area contributed by atoms with Gasteiger partial charge in [0.2, 0.25) is 0 Å². The number of primary amides is 1. The van der Waals surface area contributed by atoms with Crippen LogP contribution in [-0.4, -0.2) is 5.91 Å². The number of carbonyl (C=O) groups is 1. The lowest BCUT2D eigenvalue weighted by atomic mass is 9.60. The van der Waals surface area contributed by atoms with Crippen LogP contribution in [0.4, 0.5) is 0 Å². The van der Waals surface area contributed by atoms with E-state index in [-0.39, 0.29) is 5.91 Å². The van der Waals surface area contributed by atoms with Gasteiger partial charge in [0.1, 0.15) is 0 Å². The fourth-order valence-electron chi connectivity index (χ4n) is 2.21. The predicted molar refractivity (Wildman–Crippen MR) is 47.6 cm³/mol. The SMILES string of the molecule is NC(=O)c1cc2c(s1)C1CCC21. The van der Waals surface area contributed by atoms with E-state index in [9.17, 15) is 4.79 Å². The molecular formula is C9H9NOS. The van der Waals surface area contributed by atoms with Gasteiger partial charge in [-0.15, -0.1) is 11.3 Å². The van der Waals surface area contributed by atoms with E-state index in [0.717, 1.165) is 16.7 Å². The van der Waals surface area contributed by atoms with Crippen LogP contribution in [-0.2, 0) is 0 Å². The molecule has 2 aliphatic rings. The Kier molecular flexibility index (Phi) is 1.06. The molecule has 1 aromatic heterocycles. The van der Waals surface area contributed by atoms with Crippen LogP contribution in [0.5, 0.6) is 0 Å². The van der Waals surface area contributed by atoms with E-state index in [1.165, 1.54) is 23.3 Å². The third-order valence-electron chi connectivity index (χ3n) is 3.04. The van der Waals surface area contributed by atoms with Crippen molar-refractivity contribution >= 4 is 17.2 Å². The Bertz CT molecular complexity index is 341. The van der Waals surface area contributed by atoms with E-state index in [4.69, 9.17) is 5.73 Å². The molecule has 0 aromatic carbocycles. The van der Waals surface area contributed by atoms with Crippen LogP contribution in [0.25, 0.3) is 0 Å². The highest BCUT2D eigenvalue weighted by molar-refractivity contribution is 7.14. The van der Waals surface area contributed by atoms with Crippen molar-refractivity contribution in [3.05, 3.63) is 21.4 Å². The summed E-state index contributed by atoms with van der Waals surface area (Å²) in [6, 6.07) is 1.99. The molecule has 3 heteroatoms. The van der Waals surface area contributed by atoms with Gasteiger partial charge in [0.15, 0.2) is 0 Å². The van der Waals surface area contributed by atoms with E-state index >= 15 is 0 Å². The summed E-state index contributed by atoms with van der Waals surface area (Å²) >= 11 is 1.60. The molecule has 0 aliphatic heterocycles. The lowest BCUT2D eigenvalue weighted by Crippen LogP contribution is -2.30. The topological polar surface area (TPSA) is 43.1 Å². The van der Waals surface area contributed by atoms with Gasteiger partial charge in [-0.2, -0.15) is 0 Å². The summed E-state index contributed by atoms with van der Waals surface area (Å²) in [5.74, 6) is 1.30. The molecule has 3 rings (SSSR count). The monoisotopic (exact) mass is 179 g/mol. The van der Waals surface area contributed by atoms with Gasteiger partial charge in [0.25, 0.3) is 5.91 Å². The Morgan fingerprint density at radius 3 is 2.75 bits per heavy atom. The standard InChI is InChI=1S/C9H9NOS/c10-9(11)7-3-6-4-1-2-5(4)8(6)12-7/h3-5H,1-2H2,(H2,10,11). The largest absolute Gasteiger partial charge is 0.365 e. The number of thiophene rings is 1. The molecule has 2 unspecified atom stereocenters. The minimum absolute atomic E-state index is 0.270. The molecule has 1 fully saturated rings. The van der Waals surface area contributed by atoms with Gasteiger partial charge in [-0.3, -0.25) is 4.79 Å². The average Bonchev–Trinajstić information content (AvgIpc) is 2.29. The van der Waals surface area contributed by atoms with Gasteiger partial charge < -0.3 is 5.73 Å². The lowest BCUT2D eigenvalue weighted by Gasteiger charge is -2.45. The zero-order chi connectivity index (χ0) is 8.29. The van der Waals surface area contributed by atoms with E-state index in [1.54, 1.807) is 11.3 Å². The summed E-state index contributed by atoms with van der Waals surface area (Å²) in [5.41, 5.74) is 6.61. The van der Waals surface area contributed by atoms with E-state index in [1.807, 2.05) is 6.07 Å². The zero-order valence-electron chi connectivity index (χ0n) is 6.54. The maximum atomic E-state index is 10.9. The second-order valence-electron chi connectivity index (χ2n) is 3.58. The van der Waals surface area contributed by atoms with E-state index in [2.05, 4.69) is 0 Å². The van der Waals surface area contributed by atoms with Crippen LogP contribution >= 0.6 is 11.3 Å². The number of carbonyl (C=O) groups excluding carboxylic acids is 1. The van der Waals surface area contributed by atoms with Crippen LogP contribution in [0.2, 0.25) is 0 Å². The fourth-order valence-corrected chi connectivity index (χ4v) is 3.50. The van der Waals surface area contributed by atoms with Crippen LogP contribution < -0.4 is 5.73 Å². The fraction of sp³-hybridized carbons (Fsp3) is 0.444. The normalized spacial score (nSPS) is 29.7. The molecule has 0 bridgehead atoms. The number of rotatable bonds is 1. The molecule has 2 atom stereocenters.